The topological polar surface area (TPSA) is 66.5 Å². The monoisotopic (exact) mass is 398 g/mol. The molecule has 0 aliphatic rings. The van der Waals surface area contributed by atoms with Gasteiger partial charge in [0, 0.05) is 6.54 Å². The van der Waals surface area contributed by atoms with Gasteiger partial charge in [-0.2, -0.15) is 13.2 Å². The van der Waals surface area contributed by atoms with Crippen LogP contribution in [0.3, 0.4) is 0 Å². The van der Waals surface area contributed by atoms with E-state index in [1.54, 1.807) is 6.07 Å². The van der Waals surface area contributed by atoms with Crippen LogP contribution in [0.1, 0.15) is 5.56 Å². The van der Waals surface area contributed by atoms with Crippen molar-refractivity contribution in [3.05, 3.63) is 72.8 Å². The third-order valence-corrected chi connectivity index (χ3v) is 5.31. The predicted molar refractivity (Wildman–Crippen MR) is 95.6 cm³/mol. The van der Waals surface area contributed by atoms with E-state index in [2.05, 4.69) is 11.9 Å². The van der Waals surface area contributed by atoms with E-state index in [4.69, 9.17) is 0 Å². The molecule has 0 radical (unpaired) electrons. The second kappa shape index (κ2) is 8.26. The second-order valence-corrected chi connectivity index (χ2v) is 7.33. The first kappa shape index (κ1) is 20.5. The minimum absolute atomic E-state index is 0.0979. The zero-order chi connectivity index (χ0) is 20.1. The fourth-order valence-electron chi connectivity index (χ4n) is 2.24. The van der Waals surface area contributed by atoms with Crippen LogP contribution in [-0.4, -0.2) is 27.4 Å². The molecule has 9 heteroatoms. The minimum Gasteiger partial charge on any atom is -0.351 e. The maximum Gasteiger partial charge on any atom is 0.416 e. The molecule has 2 aromatic carbocycles. The number of anilines is 1. The van der Waals surface area contributed by atoms with Gasteiger partial charge in [-0.05, 0) is 30.3 Å². The molecule has 2 aromatic rings. The Morgan fingerprint density at radius 1 is 1.11 bits per heavy atom. The van der Waals surface area contributed by atoms with Crippen molar-refractivity contribution in [3.63, 3.8) is 0 Å². The molecule has 27 heavy (non-hydrogen) atoms. The quantitative estimate of drug-likeness (QED) is 0.729. The molecule has 5 nitrogen and oxygen atoms in total. The van der Waals surface area contributed by atoms with Gasteiger partial charge in [-0.1, -0.05) is 30.3 Å². The highest BCUT2D eigenvalue weighted by molar-refractivity contribution is 7.92. The molecule has 0 aromatic heterocycles. The van der Waals surface area contributed by atoms with E-state index in [1.807, 2.05) is 0 Å². The molecule has 0 bridgehead atoms. The number of nitrogens with zero attached hydrogens (tertiary/aromatic N) is 1. The summed E-state index contributed by atoms with van der Waals surface area (Å²) in [6.07, 6.45) is -3.25. The highest BCUT2D eigenvalue weighted by atomic mass is 32.2. The minimum atomic E-state index is -4.65. The molecule has 0 fully saturated rings. The smallest absolute Gasteiger partial charge is 0.351 e. The van der Waals surface area contributed by atoms with Crippen molar-refractivity contribution in [1.29, 1.82) is 0 Å². The summed E-state index contributed by atoms with van der Waals surface area (Å²) in [6.45, 7) is 2.86. The van der Waals surface area contributed by atoms with Crippen molar-refractivity contribution >= 4 is 21.6 Å². The molecule has 0 saturated heterocycles. The van der Waals surface area contributed by atoms with Crippen molar-refractivity contribution < 1.29 is 26.4 Å². The number of alkyl halides is 3. The second-order valence-electron chi connectivity index (χ2n) is 5.47. The summed E-state index contributed by atoms with van der Waals surface area (Å²) in [5.74, 6) is -0.674. The number of hydrogen-bond donors (Lipinski definition) is 1. The number of benzene rings is 2. The van der Waals surface area contributed by atoms with Crippen molar-refractivity contribution in [3.8, 4) is 0 Å². The van der Waals surface area contributed by atoms with Crippen molar-refractivity contribution in [2.45, 2.75) is 11.1 Å². The fraction of sp³-hybridized carbons (Fsp3) is 0.167. The summed E-state index contributed by atoms with van der Waals surface area (Å²) in [5.41, 5.74) is -1.28. The van der Waals surface area contributed by atoms with Gasteiger partial charge in [-0.3, -0.25) is 9.10 Å². The molecule has 0 aliphatic carbocycles. The fourth-order valence-corrected chi connectivity index (χ4v) is 3.68. The number of sulfonamides is 1. The van der Waals surface area contributed by atoms with Crippen LogP contribution >= 0.6 is 0 Å². The van der Waals surface area contributed by atoms with E-state index in [-0.39, 0.29) is 17.1 Å². The average Bonchev–Trinajstić information content (AvgIpc) is 2.64. The number of carbonyl (C=O) groups is 1. The van der Waals surface area contributed by atoms with E-state index in [0.29, 0.717) is 10.4 Å². The van der Waals surface area contributed by atoms with Crippen molar-refractivity contribution in [1.82, 2.24) is 5.32 Å². The van der Waals surface area contributed by atoms with Crippen LogP contribution in [0, 0.1) is 0 Å². The van der Waals surface area contributed by atoms with Crippen LogP contribution in [0.15, 0.2) is 72.1 Å². The lowest BCUT2D eigenvalue weighted by molar-refractivity contribution is -0.137. The van der Waals surface area contributed by atoms with E-state index in [0.717, 1.165) is 12.1 Å². The molecule has 144 valence electrons. The molecule has 1 amide bonds. The lowest BCUT2D eigenvalue weighted by Crippen LogP contribution is -2.41. The van der Waals surface area contributed by atoms with Crippen LogP contribution < -0.4 is 9.62 Å². The zero-order valence-corrected chi connectivity index (χ0v) is 14.9. The van der Waals surface area contributed by atoms with Gasteiger partial charge in [-0.25, -0.2) is 8.42 Å². The summed E-state index contributed by atoms with van der Waals surface area (Å²) in [5, 5.41) is 2.42. The lowest BCUT2D eigenvalue weighted by atomic mass is 10.2. The van der Waals surface area contributed by atoms with Gasteiger partial charge in [0.25, 0.3) is 10.0 Å². The maximum absolute atomic E-state index is 13.0. The molecular weight excluding hydrogens is 381 g/mol. The molecule has 1 N–H and O–H groups in total. The van der Waals surface area contributed by atoms with E-state index in [9.17, 15) is 26.4 Å². The molecule has 2 rings (SSSR count). The Morgan fingerprint density at radius 3 is 2.37 bits per heavy atom. The van der Waals surface area contributed by atoms with Gasteiger partial charge in [0.05, 0.1) is 16.1 Å². The average molecular weight is 398 g/mol. The number of nitrogens with one attached hydrogen (secondary N) is 1. The first-order chi connectivity index (χ1) is 12.7. The van der Waals surface area contributed by atoms with Gasteiger partial charge in [-0.15, -0.1) is 6.58 Å². The largest absolute Gasteiger partial charge is 0.416 e. The number of hydrogen-bond acceptors (Lipinski definition) is 3. The van der Waals surface area contributed by atoms with Crippen molar-refractivity contribution in [2.75, 3.05) is 17.4 Å². The number of halogens is 3. The Bertz CT molecular complexity index is 913. The lowest BCUT2D eigenvalue weighted by Gasteiger charge is -2.24. The molecule has 0 aliphatic heterocycles. The zero-order valence-electron chi connectivity index (χ0n) is 14.1. The van der Waals surface area contributed by atoms with Gasteiger partial charge < -0.3 is 5.32 Å². The Labute approximate surface area is 155 Å². The van der Waals surface area contributed by atoms with Gasteiger partial charge in [0.1, 0.15) is 6.54 Å². The van der Waals surface area contributed by atoms with Gasteiger partial charge in [0.2, 0.25) is 5.91 Å². The summed E-state index contributed by atoms with van der Waals surface area (Å²) >= 11 is 0. The van der Waals surface area contributed by atoms with Crippen LogP contribution in [0.4, 0.5) is 18.9 Å². The summed E-state index contributed by atoms with van der Waals surface area (Å²) in [4.78, 5) is 11.9. The standard InChI is InChI=1S/C18H17F3N2O3S/c1-2-11-22-17(24)13-23(27(25,26)16-9-4-3-5-10-16)15-8-6-7-14(12-15)18(19,20)21/h2-10,12H,1,11,13H2,(H,22,24). The van der Waals surface area contributed by atoms with E-state index >= 15 is 0 Å². The van der Waals surface area contributed by atoms with Gasteiger partial charge in [0.15, 0.2) is 0 Å². The maximum atomic E-state index is 13.0. The SMILES string of the molecule is C=CCNC(=O)CN(c1cccc(C(F)(F)F)c1)S(=O)(=O)c1ccccc1. The molecule has 0 heterocycles. The Balaban J connectivity index is 2.51. The van der Waals surface area contributed by atoms with Crippen LogP contribution in [0.2, 0.25) is 0 Å². The predicted octanol–water partition coefficient (Wildman–Crippen LogP) is 3.20. The molecule has 0 spiro atoms. The van der Waals surface area contributed by atoms with E-state index < -0.39 is 34.2 Å². The Kier molecular flexibility index (Phi) is 6.27. The third kappa shape index (κ3) is 5.10. The highest BCUT2D eigenvalue weighted by Crippen LogP contribution is 2.33. The van der Waals surface area contributed by atoms with Crippen molar-refractivity contribution in [2.24, 2.45) is 0 Å². The van der Waals surface area contributed by atoms with E-state index in [1.165, 1.54) is 36.4 Å². The molecular formula is C18H17F3N2O3S. The Morgan fingerprint density at radius 2 is 1.78 bits per heavy atom. The number of amides is 1. The third-order valence-electron chi connectivity index (χ3n) is 3.52. The number of carbonyl (C=O) groups excluding carboxylic acids is 1. The Hall–Kier alpha value is -2.81. The summed E-state index contributed by atoms with van der Waals surface area (Å²) in [7, 11) is -4.26. The van der Waals surface area contributed by atoms with Gasteiger partial charge >= 0.3 is 6.18 Å². The van der Waals surface area contributed by atoms with Crippen LogP contribution in [0.5, 0.6) is 0 Å². The first-order valence-corrected chi connectivity index (χ1v) is 9.23. The van der Waals surface area contributed by atoms with Crippen LogP contribution in [-0.2, 0) is 21.0 Å². The molecule has 0 unspecified atom stereocenters. The molecule has 0 atom stereocenters. The van der Waals surface area contributed by atoms with Crippen LogP contribution in [0.25, 0.3) is 0 Å². The highest BCUT2D eigenvalue weighted by Gasteiger charge is 2.33. The molecule has 0 saturated carbocycles. The summed E-state index contributed by atoms with van der Waals surface area (Å²) in [6, 6.07) is 11.0. The number of rotatable bonds is 7. The normalized spacial score (nSPS) is 11.7. The first-order valence-electron chi connectivity index (χ1n) is 7.79. The summed E-state index contributed by atoms with van der Waals surface area (Å²) < 4.78 is 65.6.